The van der Waals surface area contributed by atoms with Gasteiger partial charge in [0, 0.05) is 15.4 Å². The van der Waals surface area contributed by atoms with Gasteiger partial charge in [0.15, 0.2) is 17.3 Å². The summed E-state index contributed by atoms with van der Waals surface area (Å²) in [5.41, 5.74) is 3.54. The Morgan fingerprint density at radius 2 is 2.19 bits per heavy atom. The number of amides is 1. The van der Waals surface area contributed by atoms with Crippen LogP contribution in [0.25, 0.3) is 11.0 Å². The summed E-state index contributed by atoms with van der Waals surface area (Å²) in [6.45, 7) is 2.15. The summed E-state index contributed by atoms with van der Waals surface area (Å²) in [7, 11) is 0. The number of fused-ring (bicyclic) bond motifs is 1. The van der Waals surface area contributed by atoms with Crippen molar-refractivity contribution in [1.29, 1.82) is 0 Å². The molecule has 1 heterocycles. The molecule has 1 amide bonds. The van der Waals surface area contributed by atoms with Gasteiger partial charge in [0.25, 0.3) is 0 Å². The summed E-state index contributed by atoms with van der Waals surface area (Å²) in [4.78, 5) is 12.2. The van der Waals surface area contributed by atoms with Crippen LogP contribution in [0.15, 0.2) is 50.4 Å². The summed E-state index contributed by atoms with van der Waals surface area (Å²) in [6, 6.07) is 10.5. The third-order valence-electron chi connectivity index (χ3n) is 3.49. The van der Waals surface area contributed by atoms with Crippen LogP contribution >= 0.6 is 27.5 Å². The second-order valence-corrected chi connectivity index (χ2v) is 6.39. The molecular weight excluding hydrogens is 424 g/mol. The molecule has 0 spiro atoms. The zero-order valence-corrected chi connectivity index (χ0v) is 16.0. The van der Waals surface area contributed by atoms with Crippen molar-refractivity contribution in [1.82, 2.24) is 5.43 Å². The molecule has 0 saturated heterocycles. The van der Waals surface area contributed by atoms with Crippen molar-refractivity contribution in [2.24, 2.45) is 5.10 Å². The number of rotatable bonds is 5. The molecule has 2 N–H and O–H groups in total. The van der Waals surface area contributed by atoms with Gasteiger partial charge in [0.05, 0.1) is 12.8 Å². The number of phenolic OH excluding ortho intramolecular Hbond substituents is 1. The number of ether oxygens (including phenoxy) is 1. The molecule has 0 aliphatic heterocycles. The number of carbonyl (C=O) groups excluding carboxylic acids is 1. The minimum absolute atomic E-state index is 0.0982. The predicted molar refractivity (Wildman–Crippen MR) is 103 cm³/mol. The van der Waals surface area contributed by atoms with Gasteiger partial charge in [-0.2, -0.15) is 5.10 Å². The van der Waals surface area contributed by atoms with Crippen LogP contribution in [0.4, 0.5) is 0 Å². The number of aromatic hydroxyl groups is 1. The van der Waals surface area contributed by atoms with Gasteiger partial charge in [-0.15, -0.1) is 0 Å². The van der Waals surface area contributed by atoms with E-state index in [9.17, 15) is 9.90 Å². The largest absolute Gasteiger partial charge is 0.503 e. The van der Waals surface area contributed by atoms with E-state index < -0.39 is 5.91 Å². The van der Waals surface area contributed by atoms with Crippen molar-refractivity contribution in [2.75, 3.05) is 6.61 Å². The Balaban J connectivity index is 1.78. The molecule has 0 aliphatic carbocycles. The van der Waals surface area contributed by atoms with E-state index in [4.69, 9.17) is 20.8 Å². The number of para-hydroxylation sites is 1. The third kappa shape index (κ3) is 3.68. The predicted octanol–water partition coefficient (Wildman–Crippen LogP) is 4.72. The highest BCUT2D eigenvalue weighted by Crippen LogP contribution is 2.41. The van der Waals surface area contributed by atoms with Gasteiger partial charge in [0.2, 0.25) is 0 Å². The number of phenols is 1. The summed E-state index contributed by atoms with van der Waals surface area (Å²) in [5.74, 6) is -0.265. The fourth-order valence-corrected chi connectivity index (χ4v) is 2.89. The highest BCUT2D eigenvalue weighted by Gasteiger charge is 2.15. The van der Waals surface area contributed by atoms with Gasteiger partial charge in [0.1, 0.15) is 10.6 Å². The minimum Gasteiger partial charge on any atom is -0.503 e. The second-order valence-electron chi connectivity index (χ2n) is 5.22. The number of hydrazone groups is 1. The Hall–Kier alpha value is -2.51. The lowest BCUT2D eigenvalue weighted by Gasteiger charge is -2.10. The normalized spacial score (nSPS) is 11.2. The molecule has 0 saturated carbocycles. The third-order valence-corrected chi connectivity index (χ3v) is 4.94. The maximum atomic E-state index is 12.2. The number of hydrogen-bond donors (Lipinski definition) is 2. The Morgan fingerprint density at radius 1 is 1.42 bits per heavy atom. The Labute approximate surface area is 162 Å². The number of nitrogens with one attached hydrogen (secondary N) is 1. The van der Waals surface area contributed by atoms with E-state index in [1.165, 1.54) is 6.21 Å². The zero-order chi connectivity index (χ0) is 18.7. The molecule has 1 aromatic heterocycles. The topological polar surface area (TPSA) is 84.1 Å². The van der Waals surface area contributed by atoms with Gasteiger partial charge < -0.3 is 14.3 Å². The van der Waals surface area contributed by atoms with Gasteiger partial charge >= 0.3 is 5.91 Å². The van der Waals surface area contributed by atoms with Crippen LogP contribution in [0.1, 0.15) is 23.0 Å². The number of furan rings is 1. The molecule has 6 nitrogen and oxygen atoms in total. The van der Waals surface area contributed by atoms with E-state index in [-0.39, 0.29) is 22.3 Å². The van der Waals surface area contributed by atoms with Crippen LogP contribution in [0.2, 0.25) is 5.02 Å². The first-order valence-electron chi connectivity index (χ1n) is 7.67. The van der Waals surface area contributed by atoms with Crippen molar-refractivity contribution >= 4 is 50.6 Å². The van der Waals surface area contributed by atoms with Crippen LogP contribution in [-0.4, -0.2) is 23.8 Å². The van der Waals surface area contributed by atoms with Gasteiger partial charge in [-0.3, -0.25) is 4.79 Å². The lowest BCUT2D eigenvalue weighted by molar-refractivity contribution is 0.0929. The summed E-state index contributed by atoms with van der Waals surface area (Å²) in [6.07, 6.45) is 1.39. The first-order chi connectivity index (χ1) is 12.5. The average Bonchev–Trinajstić information content (AvgIpc) is 3.08. The lowest BCUT2D eigenvalue weighted by atomic mass is 10.2. The molecule has 134 valence electrons. The fourth-order valence-electron chi connectivity index (χ4n) is 2.28. The monoisotopic (exact) mass is 436 g/mol. The van der Waals surface area contributed by atoms with Crippen molar-refractivity contribution in [3.05, 3.63) is 57.2 Å². The Morgan fingerprint density at radius 3 is 2.92 bits per heavy atom. The number of halogens is 2. The van der Waals surface area contributed by atoms with E-state index >= 15 is 0 Å². The van der Waals surface area contributed by atoms with Crippen molar-refractivity contribution in [3.63, 3.8) is 0 Å². The maximum Gasteiger partial charge on any atom is 0.307 e. The number of nitrogens with zero attached hydrogens (tertiary/aromatic N) is 1. The molecule has 2 aromatic carbocycles. The highest BCUT2D eigenvalue weighted by atomic mass is 79.9. The summed E-state index contributed by atoms with van der Waals surface area (Å²) in [5, 5.41) is 14.8. The molecule has 0 aliphatic rings. The van der Waals surface area contributed by atoms with Crippen molar-refractivity contribution in [3.8, 4) is 11.5 Å². The van der Waals surface area contributed by atoms with Gasteiger partial charge in [-0.05, 0) is 41.1 Å². The maximum absolute atomic E-state index is 12.2. The first-order valence-corrected chi connectivity index (χ1v) is 8.84. The van der Waals surface area contributed by atoms with Crippen LogP contribution < -0.4 is 10.2 Å². The quantitative estimate of drug-likeness (QED) is 0.447. The fraction of sp³-hybridized carbons (Fsp3) is 0.111. The molecule has 3 rings (SSSR count). The molecule has 0 atom stereocenters. The smallest absolute Gasteiger partial charge is 0.307 e. The first kappa shape index (κ1) is 18.3. The van der Waals surface area contributed by atoms with Crippen LogP contribution in [0.5, 0.6) is 11.5 Å². The van der Waals surface area contributed by atoms with Crippen LogP contribution in [0.3, 0.4) is 0 Å². The molecular formula is C18H14BrClN2O4. The number of benzene rings is 2. The molecule has 8 heteroatoms. The Kier molecular flexibility index (Phi) is 5.49. The van der Waals surface area contributed by atoms with Crippen LogP contribution in [0, 0.1) is 0 Å². The molecule has 0 bridgehead atoms. The van der Waals surface area contributed by atoms with E-state index in [0.717, 1.165) is 5.39 Å². The highest BCUT2D eigenvalue weighted by molar-refractivity contribution is 9.10. The zero-order valence-electron chi connectivity index (χ0n) is 13.6. The van der Waals surface area contributed by atoms with E-state index in [0.29, 0.717) is 22.2 Å². The summed E-state index contributed by atoms with van der Waals surface area (Å²) < 4.78 is 11.2. The van der Waals surface area contributed by atoms with E-state index in [2.05, 4.69) is 26.5 Å². The lowest BCUT2D eigenvalue weighted by Crippen LogP contribution is -2.16. The van der Waals surface area contributed by atoms with E-state index in [1.807, 2.05) is 18.2 Å². The van der Waals surface area contributed by atoms with E-state index in [1.54, 1.807) is 25.1 Å². The molecule has 26 heavy (non-hydrogen) atoms. The van der Waals surface area contributed by atoms with Gasteiger partial charge in [-0.25, -0.2) is 5.43 Å². The SMILES string of the molecule is CCOc1cc(/C=N/NC(=O)c2cc3ccccc3o2)c(Br)c(Cl)c1O. The number of hydrogen-bond acceptors (Lipinski definition) is 5. The minimum atomic E-state index is -0.483. The molecule has 0 radical (unpaired) electrons. The van der Waals surface area contributed by atoms with Crippen molar-refractivity contribution in [2.45, 2.75) is 6.92 Å². The molecule has 3 aromatic rings. The standard InChI is InChI=1S/C18H14BrClN2O4/c1-2-25-13-8-11(15(19)16(20)17(13)23)9-21-22-18(24)14-7-10-5-3-4-6-12(10)26-14/h3-9,23H,2H2,1H3,(H,22,24)/b21-9+. The second kappa shape index (κ2) is 7.80. The van der Waals surface area contributed by atoms with Crippen LogP contribution in [-0.2, 0) is 0 Å². The number of carbonyl (C=O) groups is 1. The molecule has 0 unspecified atom stereocenters. The molecule has 0 fully saturated rings. The summed E-state index contributed by atoms with van der Waals surface area (Å²) >= 11 is 9.35. The van der Waals surface area contributed by atoms with Gasteiger partial charge in [-0.1, -0.05) is 29.8 Å². The Bertz CT molecular complexity index is 967. The average molecular weight is 438 g/mol. The van der Waals surface area contributed by atoms with Crippen molar-refractivity contribution < 1.29 is 19.1 Å².